The number of allylic oxidation sites excluding steroid dienone is 12. The summed E-state index contributed by atoms with van der Waals surface area (Å²) in [5.41, 5.74) is 0. The van der Waals surface area contributed by atoms with Gasteiger partial charge < -0.3 is 33.3 Å². The van der Waals surface area contributed by atoms with Crippen LogP contribution < -0.4 is 5.11 Å². The highest BCUT2D eigenvalue weighted by Crippen LogP contribution is 2.15. The molecule has 0 aliphatic heterocycles. The summed E-state index contributed by atoms with van der Waals surface area (Å²) in [5.74, 6) is -2.30. The first-order chi connectivity index (χ1) is 34.6. The van der Waals surface area contributed by atoms with E-state index < -0.39 is 24.3 Å². The molecule has 0 amide bonds. The molecule has 0 aromatic rings. The van der Waals surface area contributed by atoms with Crippen LogP contribution in [-0.4, -0.2) is 82.3 Å². The average Bonchev–Trinajstić information content (AvgIpc) is 3.34. The number of aliphatic carboxylic acids is 1. The summed E-state index contributed by atoms with van der Waals surface area (Å²) in [6.07, 6.45) is 65.1. The minimum absolute atomic E-state index is 0.142. The lowest BCUT2D eigenvalue weighted by Gasteiger charge is -2.26. The highest BCUT2D eigenvalue weighted by molar-refractivity contribution is 5.70. The lowest BCUT2D eigenvalue weighted by Crippen LogP contribution is -2.44. The Morgan fingerprint density at radius 2 is 0.761 bits per heavy atom. The van der Waals surface area contributed by atoms with Gasteiger partial charge in [0.15, 0.2) is 12.4 Å². The molecule has 9 heteroatoms. The second-order valence-electron chi connectivity index (χ2n) is 20.6. The zero-order valence-corrected chi connectivity index (χ0v) is 46.6. The van der Waals surface area contributed by atoms with E-state index in [1.165, 1.54) is 128 Å². The molecule has 0 fully saturated rings. The molecule has 2 unspecified atom stereocenters. The van der Waals surface area contributed by atoms with Crippen molar-refractivity contribution in [2.75, 3.05) is 47.5 Å². The van der Waals surface area contributed by atoms with Crippen LogP contribution in [0.4, 0.5) is 0 Å². The van der Waals surface area contributed by atoms with Gasteiger partial charge in [-0.25, -0.2) is 0 Å². The van der Waals surface area contributed by atoms with E-state index in [0.29, 0.717) is 17.4 Å². The topological polar surface area (TPSA) is 111 Å². The van der Waals surface area contributed by atoms with Gasteiger partial charge in [0, 0.05) is 12.8 Å². The highest BCUT2D eigenvalue weighted by Gasteiger charge is 2.22. The van der Waals surface area contributed by atoms with Crippen LogP contribution in [-0.2, 0) is 33.3 Å². The summed E-state index contributed by atoms with van der Waals surface area (Å²) < 4.78 is 22.7. The number of esters is 2. The van der Waals surface area contributed by atoms with Gasteiger partial charge in [-0.15, -0.1) is 0 Å². The Labute approximate surface area is 437 Å². The monoisotopic (exact) mass is 996 g/mol. The lowest BCUT2D eigenvalue weighted by molar-refractivity contribution is -0.870. The standard InChI is InChI=1S/C62H109NO8/c1-6-8-10-12-14-16-18-20-22-24-26-28-30-32-34-36-38-40-42-44-46-48-50-52-59(64)69-56-58(57-70-62(61(66)67)68-55-54-63(3,4)5)71-60(65)53-51-49-47-45-43-41-39-37-35-33-31-29-27-25-23-21-19-17-15-13-11-9-7-2/h18-21,24-27,30-33,58,62H,6-17,22-23,28-29,34-57H2,1-5H3/b20-18-,21-19-,26-24-,27-25-,32-30-,33-31-. The molecule has 410 valence electrons. The van der Waals surface area contributed by atoms with E-state index in [-0.39, 0.29) is 38.6 Å². The van der Waals surface area contributed by atoms with Crippen LogP contribution in [0.5, 0.6) is 0 Å². The summed E-state index contributed by atoms with van der Waals surface area (Å²) >= 11 is 0. The van der Waals surface area contributed by atoms with Gasteiger partial charge in [0.2, 0.25) is 0 Å². The van der Waals surface area contributed by atoms with Crippen LogP contribution >= 0.6 is 0 Å². The van der Waals surface area contributed by atoms with E-state index in [4.69, 9.17) is 18.9 Å². The minimum Gasteiger partial charge on any atom is -0.545 e. The SMILES string of the molecule is CCCCCCC/C=C\C/C=C\C/C=C\CCCCCCCCCCC(=O)OCC(COC(OCC[N+](C)(C)C)C(=O)[O-])OC(=O)CCCCCCCCCC/C=C\C/C=C\C/C=C\CCCCCCC. The molecule has 0 rings (SSSR count). The normalized spacial score (nSPS) is 13.3. The summed E-state index contributed by atoms with van der Waals surface area (Å²) in [6, 6.07) is 0. The van der Waals surface area contributed by atoms with E-state index in [1.807, 2.05) is 21.1 Å². The number of carboxylic acids is 1. The smallest absolute Gasteiger partial charge is 0.306 e. The summed E-state index contributed by atoms with van der Waals surface area (Å²) in [4.78, 5) is 37.3. The molecule has 0 spiro atoms. The van der Waals surface area contributed by atoms with E-state index in [1.54, 1.807) is 0 Å². The Hall–Kier alpha value is -3.27. The Bertz CT molecular complexity index is 1390. The quantitative estimate of drug-likeness (QED) is 0.0195. The molecule has 0 heterocycles. The Balaban J connectivity index is 4.31. The zero-order chi connectivity index (χ0) is 52.0. The molecule has 9 nitrogen and oxygen atoms in total. The molecular weight excluding hydrogens is 887 g/mol. The largest absolute Gasteiger partial charge is 0.545 e. The van der Waals surface area contributed by atoms with Crippen molar-refractivity contribution in [2.45, 2.75) is 257 Å². The molecule has 0 radical (unpaired) electrons. The first-order valence-electron chi connectivity index (χ1n) is 29.1. The molecule has 0 aromatic carbocycles. The van der Waals surface area contributed by atoms with Crippen LogP contribution in [0.25, 0.3) is 0 Å². The molecule has 0 aliphatic carbocycles. The number of quaternary nitrogens is 1. The Morgan fingerprint density at radius 1 is 0.423 bits per heavy atom. The summed E-state index contributed by atoms with van der Waals surface area (Å²) in [6.45, 7) is 4.72. The number of rotatable bonds is 53. The highest BCUT2D eigenvalue weighted by atomic mass is 16.7. The number of ether oxygens (including phenoxy) is 4. The predicted molar refractivity (Wildman–Crippen MR) is 297 cm³/mol. The fraction of sp³-hybridized carbons (Fsp3) is 0.758. The van der Waals surface area contributed by atoms with Gasteiger partial charge in [0.1, 0.15) is 13.2 Å². The zero-order valence-electron chi connectivity index (χ0n) is 46.6. The third-order valence-electron chi connectivity index (χ3n) is 12.4. The van der Waals surface area contributed by atoms with Crippen molar-refractivity contribution in [3.05, 3.63) is 72.9 Å². The maximum absolute atomic E-state index is 12.9. The first-order valence-corrected chi connectivity index (χ1v) is 29.1. The molecule has 0 saturated carbocycles. The van der Waals surface area contributed by atoms with Gasteiger partial charge in [-0.1, -0.05) is 215 Å². The molecule has 0 saturated heterocycles. The predicted octanol–water partition coefficient (Wildman–Crippen LogP) is 15.7. The van der Waals surface area contributed by atoms with E-state index in [0.717, 1.165) is 83.5 Å². The van der Waals surface area contributed by atoms with Crippen molar-refractivity contribution in [1.82, 2.24) is 0 Å². The van der Waals surface area contributed by atoms with Crippen molar-refractivity contribution in [3.63, 3.8) is 0 Å². The van der Waals surface area contributed by atoms with Gasteiger partial charge in [0.25, 0.3) is 0 Å². The number of hydrogen-bond donors (Lipinski definition) is 0. The van der Waals surface area contributed by atoms with Gasteiger partial charge in [-0.3, -0.25) is 9.59 Å². The van der Waals surface area contributed by atoms with E-state index >= 15 is 0 Å². The second-order valence-corrected chi connectivity index (χ2v) is 20.6. The van der Waals surface area contributed by atoms with Gasteiger partial charge >= 0.3 is 11.9 Å². The fourth-order valence-electron chi connectivity index (χ4n) is 7.90. The van der Waals surface area contributed by atoms with Gasteiger partial charge in [-0.2, -0.15) is 0 Å². The van der Waals surface area contributed by atoms with Crippen molar-refractivity contribution >= 4 is 17.9 Å². The van der Waals surface area contributed by atoms with E-state index in [9.17, 15) is 19.5 Å². The Kier molecular flexibility index (Phi) is 50.6. The molecule has 0 bridgehead atoms. The van der Waals surface area contributed by atoms with Crippen molar-refractivity contribution in [1.29, 1.82) is 0 Å². The molecule has 0 N–H and O–H groups in total. The number of nitrogens with zero attached hydrogens (tertiary/aromatic N) is 1. The lowest BCUT2D eigenvalue weighted by atomic mass is 10.1. The summed E-state index contributed by atoms with van der Waals surface area (Å²) in [5, 5.41) is 11.8. The molecule has 2 atom stereocenters. The molecule has 0 aromatic heterocycles. The molecule has 0 aliphatic rings. The maximum Gasteiger partial charge on any atom is 0.306 e. The number of hydrogen-bond acceptors (Lipinski definition) is 8. The fourth-order valence-corrected chi connectivity index (χ4v) is 7.90. The Morgan fingerprint density at radius 3 is 1.13 bits per heavy atom. The minimum atomic E-state index is -1.63. The van der Waals surface area contributed by atoms with Crippen molar-refractivity contribution in [3.8, 4) is 0 Å². The van der Waals surface area contributed by atoms with Crippen LogP contribution in [0.15, 0.2) is 72.9 Å². The van der Waals surface area contributed by atoms with Crippen LogP contribution in [0.1, 0.15) is 245 Å². The van der Waals surface area contributed by atoms with Gasteiger partial charge in [0.05, 0.1) is 40.3 Å². The number of likely N-dealkylation sites (N-methyl/N-ethyl adjacent to an activating group) is 1. The first kappa shape index (κ1) is 67.7. The third-order valence-corrected chi connectivity index (χ3v) is 12.4. The van der Waals surface area contributed by atoms with Crippen LogP contribution in [0.3, 0.4) is 0 Å². The van der Waals surface area contributed by atoms with Crippen LogP contribution in [0.2, 0.25) is 0 Å². The average molecular weight is 997 g/mol. The number of carboxylic acid groups (broad SMARTS) is 1. The van der Waals surface area contributed by atoms with E-state index in [2.05, 4.69) is 86.8 Å². The third kappa shape index (κ3) is 54.3. The maximum atomic E-state index is 12.9. The number of carbonyl (C=O) groups is 3. The number of carbonyl (C=O) groups excluding carboxylic acids is 3. The van der Waals surface area contributed by atoms with Crippen LogP contribution in [0, 0.1) is 0 Å². The van der Waals surface area contributed by atoms with Gasteiger partial charge in [-0.05, 0) is 89.9 Å². The van der Waals surface area contributed by atoms with Crippen molar-refractivity contribution in [2.24, 2.45) is 0 Å². The molecule has 71 heavy (non-hydrogen) atoms. The number of unbranched alkanes of at least 4 members (excludes halogenated alkanes) is 26. The summed E-state index contributed by atoms with van der Waals surface area (Å²) in [7, 11) is 5.91. The second kappa shape index (κ2) is 53.0. The van der Waals surface area contributed by atoms with Crippen molar-refractivity contribution < 1.29 is 42.9 Å². The molecular formula is C62H109NO8.